The molecule has 1 heterocycles. The molecule has 0 atom stereocenters. The van der Waals surface area contributed by atoms with Gasteiger partial charge in [-0.05, 0) is 29.8 Å². The maximum atomic E-state index is 9.91. The number of hydrogen-bond donors (Lipinski definition) is 1. The number of aliphatic hydroxyl groups is 1. The predicted molar refractivity (Wildman–Crippen MR) is 100 cm³/mol. The zero-order chi connectivity index (χ0) is 17.2. The van der Waals surface area contributed by atoms with E-state index in [4.69, 9.17) is 0 Å². The minimum atomic E-state index is -0.0947. The Hall–Kier alpha value is -2.36. The molecule has 1 N–H and O–H groups in total. The van der Waals surface area contributed by atoms with E-state index in [0.29, 0.717) is 5.56 Å². The van der Waals surface area contributed by atoms with Gasteiger partial charge in [0.25, 0.3) is 0 Å². The van der Waals surface area contributed by atoms with Crippen molar-refractivity contribution < 1.29 is 22.2 Å². The molecule has 1 aliphatic rings. The maximum absolute atomic E-state index is 9.91. The molecule has 1 aliphatic heterocycles. The summed E-state index contributed by atoms with van der Waals surface area (Å²) in [5.41, 5.74) is 4.19. The Morgan fingerprint density at radius 1 is 1.04 bits per heavy atom. The molecule has 0 unspecified atom stereocenters. The summed E-state index contributed by atoms with van der Waals surface area (Å²) >= 11 is 0. The van der Waals surface area contributed by atoms with Gasteiger partial charge in [-0.2, -0.15) is 5.10 Å². The maximum Gasteiger partial charge on any atom is 0.238 e. The number of allylic oxidation sites excluding steroid dienone is 2. The minimum Gasteiger partial charge on any atom is -0.492 e. The van der Waals surface area contributed by atoms with Crippen molar-refractivity contribution in [3.63, 3.8) is 0 Å². The van der Waals surface area contributed by atoms with Crippen molar-refractivity contribution in [2.45, 2.75) is 19.3 Å². The molecule has 0 saturated heterocycles. The Labute approximate surface area is 159 Å². The molecule has 0 saturated carbocycles. The summed E-state index contributed by atoms with van der Waals surface area (Å²) in [6.45, 7) is 4.39. The van der Waals surface area contributed by atoms with Crippen LogP contribution >= 0.6 is 0 Å². The number of aliphatic hydroxyl groups excluding tert-OH is 1. The van der Waals surface area contributed by atoms with E-state index >= 15 is 0 Å². The second kappa shape index (κ2) is 7.68. The second-order valence-corrected chi connectivity index (χ2v) is 6.31. The van der Waals surface area contributed by atoms with Crippen molar-refractivity contribution in [2.24, 2.45) is 10.2 Å². The molecule has 3 rings (SSSR count). The van der Waals surface area contributed by atoms with Gasteiger partial charge in [0.2, 0.25) is 5.90 Å². The van der Waals surface area contributed by atoms with Crippen molar-refractivity contribution >= 4 is 17.8 Å². The van der Waals surface area contributed by atoms with Gasteiger partial charge in [-0.25, -0.2) is 0 Å². The Morgan fingerprint density at radius 2 is 1.68 bits per heavy atom. The van der Waals surface area contributed by atoms with Gasteiger partial charge in [0.1, 0.15) is 0 Å². The fourth-order valence-corrected chi connectivity index (χ4v) is 3.14. The second-order valence-electron chi connectivity index (χ2n) is 6.31. The first-order valence-electron chi connectivity index (χ1n) is 7.91. The Morgan fingerprint density at radius 3 is 2.36 bits per heavy atom. The van der Waals surface area contributed by atoms with Crippen LogP contribution in [0.15, 0.2) is 76.6 Å². The van der Waals surface area contributed by atoms with Crippen LogP contribution in [0.3, 0.4) is 0 Å². The largest absolute Gasteiger partial charge is 0.492 e. The van der Waals surface area contributed by atoms with Gasteiger partial charge < -0.3 is 10.0 Å². The number of rotatable bonds is 3. The summed E-state index contributed by atoms with van der Waals surface area (Å²) in [4.78, 5) is 2.17. The van der Waals surface area contributed by atoms with Crippen LogP contribution in [0.4, 0.5) is 5.69 Å². The van der Waals surface area contributed by atoms with E-state index in [1.54, 1.807) is 18.3 Å². The molecule has 2 aromatic rings. The quantitative estimate of drug-likeness (QED) is 0.377. The standard InChI is InChI=1S/C20H21N3O.Mn/c1-20(2)16-11-7-8-12-17(16)23(3)18(20)13-14-21-22-19(24)15-9-5-4-6-10-15;/h4-14H,1-3H3,(H,22,24);/b18-13-,21-14+;. The van der Waals surface area contributed by atoms with Crippen LogP contribution in [0.25, 0.3) is 0 Å². The number of benzene rings is 2. The minimum absolute atomic E-state index is 0. The third-order valence-corrected chi connectivity index (χ3v) is 4.42. The topological polar surface area (TPSA) is 48.2 Å². The predicted octanol–water partition coefficient (Wildman–Crippen LogP) is 4.29. The Kier molecular flexibility index (Phi) is 5.83. The van der Waals surface area contributed by atoms with E-state index in [0.717, 1.165) is 5.70 Å². The first-order chi connectivity index (χ1) is 11.5. The van der Waals surface area contributed by atoms with Gasteiger partial charge in [0.15, 0.2) is 0 Å². The normalized spacial score (nSPS) is 17.6. The van der Waals surface area contributed by atoms with E-state index < -0.39 is 0 Å². The summed E-state index contributed by atoms with van der Waals surface area (Å²) in [5, 5.41) is 17.8. The van der Waals surface area contributed by atoms with Gasteiger partial charge in [0.05, 0.1) is 6.21 Å². The number of para-hydroxylation sites is 1. The smallest absolute Gasteiger partial charge is 0.238 e. The van der Waals surface area contributed by atoms with Gasteiger partial charge >= 0.3 is 0 Å². The molecule has 0 bridgehead atoms. The fourth-order valence-electron chi connectivity index (χ4n) is 3.14. The number of fused-ring (bicyclic) bond motifs is 1. The number of nitrogens with zero attached hydrogens (tertiary/aromatic N) is 3. The molecule has 0 aromatic heterocycles. The van der Waals surface area contributed by atoms with E-state index in [-0.39, 0.29) is 28.4 Å². The average Bonchev–Trinajstić information content (AvgIpc) is 2.80. The van der Waals surface area contributed by atoms with Gasteiger partial charge in [-0.3, -0.25) is 0 Å². The van der Waals surface area contributed by atoms with Gasteiger partial charge in [-0.1, -0.05) is 50.2 Å². The van der Waals surface area contributed by atoms with Crippen LogP contribution in [-0.4, -0.2) is 24.3 Å². The molecule has 0 aliphatic carbocycles. The van der Waals surface area contributed by atoms with Crippen LogP contribution in [0, 0.1) is 0 Å². The first kappa shape index (κ1) is 19.0. The van der Waals surface area contributed by atoms with E-state index in [1.165, 1.54) is 11.3 Å². The Balaban J connectivity index is 0.00000225. The van der Waals surface area contributed by atoms with Gasteiger partial charge in [-0.15, -0.1) is 5.10 Å². The molecule has 0 amide bonds. The molecule has 0 fully saturated rings. The number of likely N-dealkylation sites (N-methyl/N-ethyl adjacent to an activating group) is 1. The summed E-state index contributed by atoms with van der Waals surface area (Å²) in [6, 6.07) is 17.5. The third kappa shape index (κ3) is 3.68. The van der Waals surface area contributed by atoms with Crippen molar-refractivity contribution in [3.8, 4) is 0 Å². The zero-order valence-electron chi connectivity index (χ0n) is 14.5. The van der Waals surface area contributed by atoms with Crippen molar-refractivity contribution in [1.29, 1.82) is 0 Å². The van der Waals surface area contributed by atoms with Crippen LogP contribution in [0.1, 0.15) is 25.0 Å². The molecule has 129 valence electrons. The summed E-state index contributed by atoms with van der Waals surface area (Å²) in [5.74, 6) is -0.0902. The summed E-state index contributed by atoms with van der Waals surface area (Å²) in [6.07, 6.45) is 3.57. The third-order valence-electron chi connectivity index (χ3n) is 4.42. The first-order valence-corrected chi connectivity index (χ1v) is 7.91. The molecule has 5 heteroatoms. The fraction of sp³-hybridized carbons (Fsp3) is 0.200. The zero-order valence-corrected chi connectivity index (χ0v) is 15.7. The van der Waals surface area contributed by atoms with Crippen molar-refractivity contribution in [3.05, 3.63) is 77.5 Å². The van der Waals surface area contributed by atoms with Gasteiger partial charge in [0, 0.05) is 46.5 Å². The van der Waals surface area contributed by atoms with E-state index in [2.05, 4.69) is 54.2 Å². The number of anilines is 1. The van der Waals surface area contributed by atoms with Crippen molar-refractivity contribution in [2.75, 3.05) is 11.9 Å². The van der Waals surface area contributed by atoms with Crippen LogP contribution in [0.2, 0.25) is 0 Å². The molecule has 2 aromatic carbocycles. The average molecular weight is 374 g/mol. The summed E-state index contributed by atoms with van der Waals surface area (Å²) in [7, 11) is 2.05. The van der Waals surface area contributed by atoms with E-state index in [9.17, 15) is 5.11 Å². The van der Waals surface area contributed by atoms with Crippen molar-refractivity contribution in [1.82, 2.24) is 0 Å². The van der Waals surface area contributed by atoms with Crippen LogP contribution in [-0.2, 0) is 22.5 Å². The Bertz CT molecular complexity index is 826. The molecular weight excluding hydrogens is 353 g/mol. The molecule has 4 nitrogen and oxygen atoms in total. The van der Waals surface area contributed by atoms with E-state index in [1.807, 2.05) is 30.3 Å². The monoisotopic (exact) mass is 374 g/mol. The summed E-state index contributed by atoms with van der Waals surface area (Å²) < 4.78 is 0. The van der Waals surface area contributed by atoms with Crippen LogP contribution < -0.4 is 4.90 Å². The SMILES string of the molecule is CN1\C(=C/C=N/N=C(\O)c2ccccc2)C(C)(C)c2ccccc21.[Mn]. The molecule has 1 radical (unpaired) electrons. The molecule has 0 spiro atoms. The molecular formula is C20H21MnN3O. The van der Waals surface area contributed by atoms with Crippen LogP contribution in [0.5, 0.6) is 0 Å². The number of hydrogen-bond acceptors (Lipinski definition) is 3. The molecule has 25 heavy (non-hydrogen) atoms.